The van der Waals surface area contributed by atoms with Crippen molar-refractivity contribution in [2.45, 2.75) is 63.6 Å². The number of hydrogen-bond acceptors (Lipinski definition) is 7. The number of hydrogen-bond donors (Lipinski definition) is 1. The third kappa shape index (κ3) is 6.44. The number of aryl methyl sites for hydroxylation is 3. The van der Waals surface area contributed by atoms with Crippen LogP contribution in [0.25, 0.3) is 0 Å². The van der Waals surface area contributed by atoms with Gasteiger partial charge in [0.2, 0.25) is 5.91 Å². The summed E-state index contributed by atoms with van der Waals surface area (Å²) in [5.41, 5.74) is 2.83. The largest absolute Gasteiger partial charge is 0.462 e. The third-order valence-electron chi connectivity index (χ3n) is 6.07. The molecule has 0 unspecified atom stereocenters. The second-order valence-corrected chi connectivity index (χ2v) is 10.7. The van der Waals surface area contributed by atoms with E-state index in [-0.39, 0.29) is 17.6 Å². The number of nitrogens with zero attached hydrogens (tertiary/aromatic N) is 3. The minimum absolute atomic E-state index is 0.165. The fourth-order valence-corrected chi connectivity index (χ4v) is 6.43. The third-order valence-corrected chi connectivity index (χ3v) is 8.25. The summed E-state index contributed by atoms with van der Waals surface area (Å²) in [6, 6.07) is 10.3. The summed E-state index contributed by atoms with van der Waals surface area (Å²) in [5, 5.41) is 13.0. The summed E-state index contributed by atoms with van der Waals surface area (Å²) < 4.78 is 7.33. The van der Waals surface area contributed by atoms with E-state index in [1.54, 1.807) is 6.92 Å². The number of thiophene rings is 1. The van der Waals surface area contributed by atoms with E-state index >= 15 is 0 Å². The number of thioether (sulfide) groups is 1. The average molecular weight is 525 g/mol. The summed E-state index contributed by atoms with van der Waals surface area (Å²) >= 11 is 2.85. The van der Waals surface area contributed by atoms with E-state index in [0.29, 0.717) is 28.9 Å². The molecule has 0 fully saturated rings. The SMILES string of the molecule is C=CCn1c(CCc2ccccc2)nnc1SCC(=O)Nc1sc2c(c1C(=O)OCC)CCCCC2. The molecule has 2 aromatic heterocycles. The van der Waals surface area contributed by atoms with Crippen LogP contribution in [0.1, 0.15) is 58.4 Å². The van der Waals surface area contributed by atoms with Crippen LogP contribution in [0.15, 0.2) is 48.1 Å². The zero-order valence-corrected chi connectivity index (χ0v) is 22.3. The first-order chi connectivity index (χ1) is 17.6. The molecule has 1 aliphatic carbocycles. The Kier molecular flexibility index (Phi) is 9.35. The Bertz CT molecular complexity index is 1200. The zero-order chi connectivity index (χ0) is 25.3. The molecule has 0 radical (unpaired) electrons. The number of amides is 1. The first kappa shape index (κ1) is 26.2. The van der Waals surface area contributed by atoms with Crippen molar-refractivity contribution < 1.29 is 14.3 Å². The number of anilines is 1. The normalized spacial score (nSPS) is 13.0. The summed E-state index contributed by atoms with van der Waals surface area (Å²) in [7, 11) is 0. The number of aromatic nitrogens is 3. The van der Waals surface area contributed by atoms with E-state index in [1.807, 2.05) is 28.8 Å². The Morgan fingerprint density at radius 2 is 1.97 bits per heavy atom. The van der Waals surface area contributed by atoms with Gasteiger partial charge in [-0.05, 0) is 50.2 Å². The van der Waals surface area contributed by atoms with E-state index in [2.05, 4.69) is 34.2 Å². The lowest BCUT2D eigenvalue weighted by Gasteiger charge is -2.09. The molecule has 36 heavy (non-hydrogen) atoms. The van der Waals surface area contributed by atoms with Gasteiger partial charge in [0, 0.05) is 17.8 Å². The second-order valence-electron chi connectivity index (χ2n) is 8.61. The molecular formula is C27H32N4O3S2. The molecule has 0 spiro atoms. The van der Waals surface area contributed by atoms with Crippen LogP contribution in [0.2, 0.25) is 0 Å². The van der Waals surface area contributed by atoms with Crippen LogP contribution in [0.3, 0.4) is 0 Å². The minimum Gasteiger partial charge on any atom is -0.462 e. The maximum absolute atomic E-state index is 12.9. The van der Waals surface area contributed by atoms with Crippen molar-refractivity contribution in [1.82, 2.24) is 14.8 Å². The highest BCUT2D eigenvalue weighted by molar-refractivity contribution is 7.99. The Morgan fingerprint density at radius 3 is 2.75 bits per heavy atom. The van der Waals surface area contributed by atoms with E-state index in [0.717, 1.165) is 56.3 Å². The molecule has 190 valence electrons. The lowest BCUT2D eigenvalue weighted by Crippen LogP contribution is -2.17. The minimum atomic E-state index is -0.353. The number of rotatable bonds is 11. The van der Waals surface area contributed by atoms with E-state index in [4.69, 9.17) is 4.74 Å². The molecule has 3 aromatic rings. The molecule has 0 bridgehead atoms. The molecule has 1 amide bonds. The molecule has 1 N–H and O–H groups in total. The van der Waals surface area contributed by atoms with Crippen molar-refractivity contribution in [1.29, 1.82) is 0 Å². The number of ether oxygens (including phenoxy) is 1. The van der Waals surface area contributed by atoms with Gasteiger partial charge >= 0.3 is 5.97 Å². The molecular weight excluding hydrogens is 492 g/mol. The summed E-state index contributed by atoms with van der Waals surface area (Å²) in [6.07, 6.45) is 8.51. The molecule has 0 saturated heterocycles. The van der Waals surface area contributed by atoms with Gasteiger partial charge < -0.3 is 14.6 Å². The van der Waals surface area contributed by atoms with E-state index in [9.17, 15) is 9.59 Å². The summed E-state index contributed by atoms with van der Waals surface area (Å²) in [6.45, 7) is 6.54. The monoisotopic (exact) mass is 524 g/mol. The summed E-state index contributed by atoms with van der Waals surface area (Å²) in [5.74, 6) is 0.501. The highest BCUT2D eigenvalue weighted by Crippen LogP contribution is 2.38. The lowest BCUT2D eigenvalue weighted by molar-refractivity contribution is -0.113. The smallest absolute Gasteiger partial charge is 0.341 e. The van der Waals surface area contributed by atoms with Crippen LogP contribution in [0.4, 0.5) is 5.00 Å². The van der Waals surface area contributed by atoms with E-state index in [1.165, 1.54) is 33.5 Å². The van der Waals surface area contributed by atoms with Crippen LogP contribution in [0, 0.1) is 0 Å². The Morgan fingerprint density at radius 1 is 1.17 bits per heavy atom. The molecule has 4 rings (SSSR count). The van der Waals surface area contributed by atoms with Gasteiger partial charge in [0.15, 0.2) is 5.16 Å². The number of fused-ring (bicyclic) bond motifs is 1. The van der Waals surface area contributed by atoms with Crippen LogP contribution in [-0.4, -0.2) is 39.0 Å². The maximum atomic E-state index is 12.9. The number of esters is 1. The molecule has 1 aliphatic rings. The van der Waals surface area contributed by atoms with Gasteiger partial charge in [-0.15, -0.1) is 28.1 Å². The van der Waals surface area contributed by atoms with Crippen molar-refractivity contribution in [3.8, 4) is 0 Å². The fourth-order valence-electron chi connectivity index (χ4n) is 4.37. The van der Waals surface area contributed by atoms with Crippen LogP contribution < -0.4 is 5.32 Å². The molecule has 0 saturated carbocycles. The number of allylic oxidation sites excluding steroid dienone is 1. The second kappa shape index (κ2) is 12.9. The lowest BCUT2D eigenvalue weighted by atomic mass is 10.1. The molecule has 1 aromatic carbocycles. The first-order valence-electron chi connectivity index (χ1n) is 12.4. The number of carbonyl (C=O) groups is 2. The van der Waals surface area contributed by atoms with Gasteiger partial charge in [-0.1, -0.05) is 54.6 Å². The average Bonchev–Trinajstić information content (AvgIpc) is 3.34. The van der Waals surface area contributed by atoms with Crippen molar-refractivity contribution in [2.24, 2.45) is 0 Å². The Balaban J connectivity index is 1.43. The van der Waals surface area contributed by atoms with Crippen molar-refractivity contribution in [3.05, 3.63) is 70.4 Å². The van der Waals surface area contributed by atoms with Gasteiger partial charge in [0.05, 0.1) is 17.9 Å². The Labute approximate surface area is 220 Å². The van der Waals surface area contributed by atoms with Crippen LogP contribution >= 0.6 is 23.1 Å². The fraction of sp³-hybridized carbons (Fsp3) is 0.407. The number of benzene rings is 1. The predicted octanol–water partition coefficient (Wildman–Crippen LogP) is 5.49. The Hall–Kier alpha value is -2.91. The first-order valence-corrected chi connectivity index (χ1v) is 14.2. The molecule has 7 nitrogen and oxygen atoms in total. The van der Waals surface area contributed by atoms with Gasteiger partial charge in [-0.3, -0.25) is 4.79 Å². The zero-order valence-electron chi connectivity index (χ0n) is 20.6. The maximum Gasteiger partial charge on any atom is 0.341 e. The van der Waals surface area contributed by atoms with Crippen LogP contribution in [-0.2, 0) is 41.8 Å². The van der Waals surface area contributed by atoms with Gasteiger partial charge in [0.25, 0.3) is 0 Å². The molecule has 2 heterocycles. The van der Waals surface area contributed by atoms with E-state index < -0.39 is 0 Å². The highest BCUT2D eigenvalue weighted by Gasteiger charge is 2.26. The molecule has 0 atom stereocenters. The topological polar surface area (TPSA) is 86.1 Å². The van der Waals surface area contributed by atoms with Crippen molar-refractivity contribution in [2.75, 3.05) is 17.7 Å². The standard InChI is InChI=1S/C27H32N4O3S2/c1-3-17-31-22(16-15-19-11-7-5-8-12-19)29-30-27(31)35-18-23(32)28-25-24(26(33)34-4-2)20-13-9-6-10-14-21(20)36-25/h3,5,7-8,11-12H,1,4,6,9-10,13-18H2,2H3,(H,28,32). The quantitative estimate of drug-likeness (QED) is 0.155. The van der Waals surface area contributed by atoms with Crippen molar-refractivity contribution >= 4 is 40.0 Å². The van der Waals surface area contributed by atoms with Crippen molar-refractivity contribution in [3.63, 3.8) is 0 Å². The van der Waals surface area contributed by atoms with Crippen LogP contribution in [0.5, 0.6) is 0 Å². The number of nitrogens with one attached hydrogen (secondary N) is 1. The summed E-state index contributed by atoms with van der Waals surface area (Å²) in [4.78, 5) is 26.9. The molecule has 9 heteroatoms. The predicted molar refractivity (Wildman–Crippen MR) is 145 cm³/mol. The van der Waals surface area contributed by atoms with Gasteiger partial charge in [-0.25, -0.2) is 4.79 Å². The van der Waals surface area contributed by atoms with Gasteiger partial charge in [-0.2, -0.15) is 0 Å². The molecule has 0 aliphatic heterocycles. The number of carbonyl (C=O) groups excluding carboxylic acids is 2. The van der Waals surface area contributed by atoms with Gasteiger partial charge in [0.1, 0.15) is 10.8 Å². The highest BCUT2D eigenvalue weighted by atomic mass is 32.2.